The van der Waals surface area contributed by atoms with Crippen LogP contribution in [0.15, 0.2) is 43.0 Å². The fraction of sp³-hybridized carbons (Fsp3) is 0.214. The van der Waals surface area contributed by atoms with Crippen LogP contribution in [-0.4, -0.2) is 21.5 Å². The third-order valence-corrected chi connectivity index (χ3v) is 2.92. The van der Waals surface area contributed by atoms with E-state index < -0.39 is 5.92 Å². The lowest BCUT2D eigenvalue weighted by atomic mass is 10.0. The van der Waals surface area contributed by atoms with Gasteiger partial charge in [0.15, 0.2) is 5.78 Å². The Morgan fingerprint density at radius 2 is 2.17 bits per heavy atom. The molecule has 1 aliphatic rings. The zero-order valence-corrected chi connectivity index (χ0v) is 10.1. The van der Waals surface area contributed by atoms with Crippen LogP contribution in [0.25, 0.3) is 0 Å². The molecule has 0 aliphatic heterocycles. The number of benzene rings is 1. The van der Waals surface area contributed by atoms with E-state index in [4.69, 9.17) is 0 Å². The molecule has 0 amide bonds. The highest BCUT2D eigenvalue weighted by Gasteiger charge is 2.32. The Balaban J connectivity index is 0.000000202. The Hall–Kier alpha value is -2.23. The van der Waals surface area contributed by atoms with Crippen molar-refractivity contribution in [3.63, 3.8) is 0 Å². The number of ketones is 2. The predicted molar refractivity (Wildman–Crippen MR) is 67.2 cm³/mol. The summed E-state index contributed by atoms with van der Waals surface area (Å²) in [5.41, 5.74) is 1.73. The molecule has 0 saturated carbocycles. The molecule has 0 radical (unpaired) electrons. The Morgan fingerprint density at radius 1 is 1.39 bits per heavy atom. The largest absolute Gasteiger partial charge is 0.351 e. The zero-order chi connectivity index (χ0) is 13.0. The number of nitrogens with one attached hydrogen (secondary N) is 1. The van der Waals surface area contributed by atoms with E-state index in [1.807, 2.05) is 18.2 Å². The first-order valence-corrected chi connectivity index (χ1v) is 5.75. The first-order valence-electron chi connectivity index (χ1n) is 5.75. The molecule has 1 atom stereocenters. The van der Waals surface area contributed by atoms with Crippen molar-refractivity contribution in [2.24, 2.45) is 5.92 Å². The van der Waals surface area contributed by atoms with Crippen LogP contribution < -0.4 is 0 Å². The van der Waals surface area contributed by atoms with E-state index in [1.165, 1.54) is 6.92 Å². The summed E-state index contributed by atoms with van der Waals surface area (Å²) in [4.78, 5) is 29.1. The van der Waals surface area contributed by atoms with Crippen LogP contribution in [0.2, 0.25) is 0 Å². The normalized spacial score (nSPS) is 16.7. The number of aromatic amines is 1. The van der Waals surface area contributed by atoms with Crippen LogP contribution in [0.5, 0.6) is 0 Å². The summed E-state index contributed by atoms with van der Waals surface area (Å²) in [7, 11) is 0. The molecule has 1 aliphatic carbocycles. The lowest BCUT2D eigenvalue weighted by molar-refractivity contribution is -0.119. The van der Waals surface area contributed by atoms with Gasteiger partial charge in [-0.25, -0.2) is 4.98 Å². The second-order valence-electron chi connectivity index (χ2n) is 4.15. The molecule has 4 heteroatoms. The van der Waals surface area contributed by atoms with E-state index in [0.717, 1.165) is 11.1 Å². The minimum atomic E-state index is -0.419. The predicted octanol–water partition coefficient (Wildman–Crippen LogP) is 2.04. The van der Waals surface area contributed by atoms with Gasteiger partial charge in [-0.3, -0.25) is 9.59 Å². The number of hydrogen-bond donors (Lipinski definition) is 1. The van der Waals surface area contributed by atoms with E-state index >= 15 is 0 Å². The topological polar surface area (TPSA) is 62.8 Å². The quantitative estimate of drug-likeness (QED) is 0.778. The highest BCUT2D eigenvalue weighted by atomic mass is 16.1. The molecule has 0 spiro atoms. The van der Waals surface area contributed by atoms with Crippen LogP contribution in [0.4, 0.5) is 0 Å². The Labute approximate surface area is 105 Å². The van der Waals surface area contributed by atoms with Crippen molar-refractivity contribution in [1.82, 2.24) is 9.97 Å². The molecule has 1 aromatic carbocycles. The number of nitrogens with zero attached hydrogens (tertiary/aromatic N) is 1. The Kier molecular flexibility index (Phi) is 3.67. The lowest BCUT2D eigenvalue weighted by Crippen LogP contribution is -2.17. The summed E-state index contributed by atoms with van der Waals surface area (Å²) < 4.78 is 0. The average molecular weight is 242 g/mol. The van der Waals surface area contributed by atoms with E-state index in [1.54, 1.807) is 24.8 Å². The number of imidazole rings is 1. The van der Waals surface area contributed by atoms with Crippen molar-refractivity contribution in [2.45, 2.75) is 13.3 Å². The van der Waals surface area contributed by atoms with Gasteiger partial charge in [0.25, 0.3) is 0 Å². The summed E-state index contributed by atoms with van der Waals surface area (Å²) in [5.74, 6) is -0.457. The molecule has 1 heterocycles. The zero-order valence-electron chi connectivity index (χ0n) is 10.1. The maximum Gasteiger partial charge on any atom is 0.173 e. The average Bonchev–Trinajstić information content (AvgIpc) is 3.01. The van der Waals surface area contributed by atoms with Crippen LogP contribution in [0, 0.1) is 5.92 Å². The smallest absolute Gasteiger partial charge is 0.173 e. The number of Topliss-reactive ketones (excluding diaryl/α,β-unsaturated/α-hetero) is 2. The molecule has 1 aromatic heterocycles. The fourth-order valence-electron chi connectivity index (χ4n) is 1.98. The van der Waals surface area contributed by atoms with Gasteiger partial charge in [-0.2, -0.15) is 0 Å². The van der Waals surface area contributed by atoms with Crippen LogP contribution >= 0.6 is 0 Å². The number of carbonyl (C=O) groups is 2. The summed E-state index contributed by atoms with van der Waals surface area (Å²) in [6.07, 6.45) is 5.67. The first kappa shape index (κ1) is 12.2. The van der Waals surface area contributed by atoms with Gasteiger partial charge in [-0.05, 0) is 18.9 Å². The molecule has 4 nitrogen and oxygen atoms in total. The number of aromatic nitrogens is 2. The van der Waals surface area contributed by atoms with Crippen LogP contribution in [0.1, 0.15) is 22.8 Å². The van der Waals surface area contributed by atoms with Crippen LogP contribution in [-0.2, 0) is 11.2 Å². The highest BCUT2D eigenvalue weighted by molar-refractivity contribution is 6.13. The minimum absolute atomic E-state index is 0.0110. The monoisotopic (exact) mass is 242 g/mol. The van der Waals surface area contributed by atoms with Crippen molar-refractivity contribution in [3.05, 3.63) is 54.1 Å². The summed E-state index contributed by atoms with van der Waals surface area (Å²) in [5, 5.41) is 0. The number of rotatable bonds is 1. The Bertz CT molecular complexity index is 529. The third kappa shape index (κ3) is 2.53. The van der Waals surface area contributed by atoms with E-state index in [0.29, 0.717) is 6.42 Å². The third-order valence-electron chi connectivity index (χ3n) is 2.92. The summed E-state index contributed by atoms with van der Waals surface area (Å²) >= 11 is 0. The highest BCUT2D eigenvalue weighted by Crippen LogP contribution is 2.26. The van der Waals surface area contributed by atoms with Crippen molar-refractivity contribution in [3.8, 4) is 0 Å². The van der Waals surface area contributed by atoms with E-state index in [9.17, 15) is 9.59 Å². The van der Waals surface area contributed by atoms with Crippen molar-refractivity contribution in [1.29, 1.82) is 0 Å². The maximum absolute atomic E-state index is 11.6. The molecular formula is C14H14N2O2. The minimum Gasteiger partial charge on any atom is -0.351 e. The number of fused-ring (bicyclic) bond motifs is 1. The van der Waals surface area contributed by atoms with E-state index in [-0.39, 0.29) is 11.6 Å². The summed E-state index contributed by atoms with van der Waals surface area (Å²) in [6.45, 7) is 1.48. The Morgan fingerprint density at radius 3 is 2.67 bits per heavy atom. The molecule has 1 N–H and O–H groups in total. The molecule has 1 unspecified atom stereocenters. The van der Waals surface area contributed by atoms with Gasteiger partial charge in [0.05, 0.1) is 12.2 Å². The SMILES string of the molecule is CC(=O)C1Cc2ccccc2C1=O.c1c[nH]cn1. The summed E-state index contributed by atoms with van der Waals surface area (Å²) in [6, 6.07) is 7.44. The van der Waals surface area contributed by atoms with Crippen LogP contribution in [0.3, 0.4) is 0 Å². The maximum atomic E-state index is 11.6. The van der Waals surface area contributed by atoms with Gasteiger partial charge in [0.1, 0.15) is 5.78 Å². The van der Waals surface area contributed by atoms with Gasteiger partial charge in [0, 0.05) is 18.0 Å². The van der Waals surface area contributed by atoms with Gasteiger partial charge >= 0.3 is 0 Å². The number of carbonyl (C=O) groups excluding carboxylic acids is 2. The van der Waals surface area contributed by atoms with Gasteiger partial charge < -0.3 is 4.98 Å². The van der Waals surface area contributed by atoms with E-state index in [2.05, 4.69) is 9.97 Å². The van der Waals surface area contributed by atoms with Gasteiger partial charge in [-0.1, -0.05) is 24.3 Å². The van der Waals surface area contributed by atoms with Crippen molar-refractivity contribution >= 4 is 11.6 Å². The molecule has 2 aromatic rings. The fourth-order valence-corrected chi connectivity index (χ4v) is 1.98. The standard InChI is InChI=1S/C11H10O2.C3H4N2/c1-7(12)10-6-8-4-2-3-5-9(8)11(10)13;1-2-5-3-4-1/h2-5,10H,6H2,1H3;1-3H,(H,4,5). The molecule has 0 bridgehead atoms. The molecular weight excluding hydrogens is 228 g/mol. The first-order chi connectivity index (χ1) is 8.70. The number of hydrogen-bond acceptors (Lipinski definition) is 3. The molecule has 0 saturated heterocycles. The van der Waals surface area contributed by atoms with Crippen molar-refractivity contribution < 1.29 is 9.59 Å². The van der Waals surface area contributed by atoms with Gasteiger partial charge in [0.2, 0.25) is 0 Å². The molecule has 0 fully saturated rings. The molecule has 92 valence electrons. The van der Waals surface area contributed by atoms with Crippen molar-refractivity contribution in [2.75, 3.05) is 0 Å². The van der Waals surface area contributed by atoms with Gasteiger partial charge in [-0.15, -0.1) is 0 Å². The molecule has 3 rings (SSSR count). The number of H-pyrrole nitrogens is 1. The second-order valence-corrected chi connectivity index (χ2v) is 4.15. The molecule has 18 heavy (non-hydrogen) atoms. The lowest BCUT2D eigenvalue weighted by Gasteiger charge is -1.99. The second kappa shape index (κ2) is 5.40.